The lowest BCUT2D eigenvalue weighted by molar-refractivity contribution is 0.575. The average Bonchev–Trinajstić information content (AvgIpc) is 3.09. The highest BCUT2D eigenvalue weighted by molar-refractivity contribution is 7.98. The van der Waals surface area contributed by atoms with Crippen molar-refractivity contribution in [2.75, 3.05) is 5.73 Å². The summed E-state index contributed by atoms with van der Waals surface area (Å²) >= 11 is 3.36. The summed E-state index contributed by atoms with van der Waals surface area (Å²) in [5.41, 5.74) is 8.71. The number of thioether (sulfide) groups is 1. The molecule has 0 saturated heterocycles. The minimum absolute atomic E-state index is 0.698. The number of benzene rings is 1. The molecule has 2 heterocycles. The van der Waals surface area contributed by atoms with Gasteiger partial charge in [-0.25, -0.2) is 4.98 Å². The van der Waals surface area contributed by atoms with Crippen LogP contribution in [0.4, 0.5) is 5.69 Å². The molecule has 3 rings (SSSR count). The Labute approximate surface area is 125 Å². The summed E-state index contributed by atoms with van der Waals surface area (Å²) in [6, 6.07) is 10.1. The Bertz CT molecular complexity index is 704. The van der Waals surface area contributed by atoms with Crippen molar-refractivity contribution in [2.24, 2.45) is 0 Å². The highest BCUT2D eigenvalue weighted by Crippen LogP contribution is 2.28. The van der Waals surface area contributed by atoms with Gasteiger partial charge in [0.2, 0.25) is 5.89 Å². The Hall–Kier alpha value is -1.72. The third kappa shape index (κ3) is 2.89. The molecule has 0 aliphatic rings. The average molecular weight is 302 g/mol. The number of nitrogen functional groups attached to an aromatic ring is 1. The van der Waals surface area contributed by atoms with Crippen LogP contribution in [0.25, 0.3) is 10.8 Å². The van der Waals surface area contributed by atoms with E-state index in [9.17, 15) is 0 Å². The normalized spacial score (nSPS) is 10.8. The Morgan fingerprint density at radius 2 is 2.25 bits per heavy atom. The highest BCUT2D eigenvalue weighted by atomic mass is 32.2. The van der Waals surface area contributed by atoms with Crippen LogP contribution in [0.2, 0.25) is 0 Å². The summed E-state index contributed by atoms with van der Waals surface area (Å²) in [6.07, 6.45) is 1.73. The molecule has 2 N–H and O–H groups in total. The summed E-state index contributed by atoms with van der Waals surface area (Å²) in [6.45, 7) is 2.02. The van der Waals surface area contributed by atoms with Crippen LogP contribution < -0.4 is 5.73 Å². The second-order valence-electron chi connectivity index (χ2n) is 4.43. The number of thiophene rings is 1. The van der Waals surface area contributed by atoms with E-state index in [-0.39, 0.29) is 0 Å². The van der Waals surface area contributed by atoms with Crippen molar-refractivity contribution in [3.8, 4) is 10.8 Å². The van der Waals surface area contributed by atoms with Crippen LogP contribution in [0, 0.1) is 6.92 Å². The van der Waals surface area contributed by atoms with E-state index in [1.165, 1.54) is 4.90 Å². The van der Waals surface area contributed by atoms with Crippen molar-refractivity contribution in [3.63, 3.8) is 0 Å². The van der Waals surface area contributed by atoms with Gasteiger partial charge in [-0.05, 0) is 42.1 Å². The standard InChI is InChI=1S/C15H14N2OS2/c1-10-7-12(4-5-13(10)16)20-9-11-8-18-15(17-11)14-3-2-6-19-14/h2-8H,9,16H2,1H3. The lowest BCUT2D eigenvalue weighted by Crippen LogP contribution is -1.89. The molecule has 0 aliphatic heterocycles. The number of aryl methyl sites for hydroxylation is 1. The first-order valence-corrected chi connectivity index (χ1v) is 8.06. The maximum absolute atomic E-state index is 5.82. The molecular formula is C15H14N2OS2. The van der Waals surface area contributed by atoms with Crippen LogP contribution in [-0.4, -0.2) is 4.98 Å². The number of nitrogens with zero attached hydrogens (tertiary/aromatic N) is 1. The number of hydrogen-bond donors (Lipinski definition) is 1. The van der Waals surface area contributed by atoms with E-state index in [0.717, 1.165) is 27.6 Å². The van der Waals surface area contributed by atoms with Crippen LogP contribution in [0.3, 0.4) is 0 Å². The van der Waals surface area contributed by atoms with E-state index in [1.54, 1.807) is 29.4 Å². The molecule has 0 unspecified atom stereocenters. The summed E-state index contributed by atoms with van der Waals surface area (Å²) < 4.78 is 5.51. The van der Waals surface area contributed by atoms with Crippen LogP contribution in [-0.2, 0) is 5.75 Å². The van der Waals surface area contributed by atoms with E-state index < -0.39 is 0 Å². The van der Waals surface area contributed by atoms with Gasteiger partial charge in [0.15, 0.2) is 0 Å². The number of anilines is 1. The summed E-state index contributed by atoms with van der Waals surface area (Å²) in [4.78, 5) is 6.76. The van der Waals surface area contributed by atoms with Crippen molar-refractivity contribution in [3.05, 3.63) is 53.2 Å². The maximum atomic E-state index is 5.82. The van der Waals surface area contributed by atoms with Gasteiger partial charge in [0.1, 0.15) is 6.26 Å². The number of aromatic nitrogens is 1. The van der Waals surface area contributed by atoms with Crippen molar-refractivity contribution < 1.29 is 4.42 Å². The number of nitrogens with two attached hydrogens (primary N) is 1. The molecule has 3 aromatic rings. The van der Waals surface area contributed by atoms with Gasteiger partial charge < -0.3 is 10.2 Å². The molecule has 0 amide bonds. The molecule has 102 valence electrons. The molecule has 0 fully saturated rings. The Morgan fingerprint density at radius 1 is 1.35 bits per heavy atom. The molecule has 0 bridgehead atoms. The zero-order chi connectivity index (χ0) is 13.9. The van der Waals surface area contributed by atoms with Crippen molar-refractivity contribution in [2.45, 2.75) is 17.6 Å². The van der Waals surface area contributed by atoms with E-state index in [0.29, 0.717) is 5.89 Å². The van der Waals surface area contributed by atoms with Gasteiger partial charge in [-0.15, -0.1) is 23.1 Å². The van der Waals surface area contributed by atoms with Gasteiger partial charge in [0, 0.05) is 16.3 Å². The molecule has 5 heteroatoms. The molecule has 0 atom stereocenters. The predicted octanol–water partition coefficient (Wildman–Crippen LogP) is 4.59. The van der Waals surface area contributed by atoms with Crippen LogP contribution in [0.1, 0.15) is 11.3 Å². The van der Waals surface area contributed by atoms with Gasteiger partial charge in [0.05, 0.1) is 10.6 Å². The Morgan fingerprint density at radius 3 is 3.00 bits per heavy atom. The van der Waals surface area contributed by atoms with Gasteiger partial charge in [-0.1, -0.05) is 6.07 Å². The summed E-state index contributed by atoms with van der Waals surface area (Å²) in [5.74, 6) is 1.49. The molecule has 3 nitrogen and oxygen atoms in total. The van der Waals surface area contributed by atoms with Gasteiger partial charge in [-0.2, -0.15) is 0 Å². The van der Waals surface area contributed by atoms with Crippen molar-refractivity contribution in [1.82, 2.24) is 4.98 Å². The molecule has 0 saturated carbocycles. The SMILES string of the molecule is Cc1cc(SCc2coc(-c3cccs3)n2)ccc1N. The predicted molar refractivity (Wildman–Crippen MR) is 85.0 cm³/mol. The Kier molecular flexibility index (Phi) is 3.80. The highest BCUT2D eigenvalue weighted by Gasteiger charge is 2.08. The number of hydrogen-bond acceptors (Lipinski definition) is 5. The van der Waals surface area contributed by atoms with E-state index >= 15 is 0 Å². The van der Waals surface area contributed by atoms with Crippen LogP contribution in [0.5, 0.6) is 0 Å². The van der Waals surface area contributed by atoms with Crippen LogP contribution in [0.15, 0.2) is 51.3 Å². The van der Waals surface area contributed by atoms with E-state index in [1.807, 2.05) is 36.6 Å². The fourth-order valence-electron chi connectivity index (χ4n) is 1.78. The van der Waals surface area contributed by atoms with E-state index in [2.05, 4.69) is 11.1 Å². The maximum Gasteiger partial charge on any atom is 0.236 e. The third-order valence-corrected chi connectivity index (χ3v) is 4.80. The molecular weight excluding hydrogens is 288 g/mol. The lowest BCUT2D eigenvalue weighted by Gasteiger charge is -2.03. The van der Waals surface area contributed by atoms with E-state index in [4.69, 9.17) is 10.2 Å². The van der Waals surface area contributed by atoms with Crippen molar-refractivity contribution in [1.29, 1.82) is 0 Å². The minimum Gasteiger partial charge on any atom is -0.444 e. The molecule has 0 aliphatic carbocycles. The summed E-state index contributed by atoms with van der Waals surface area (Å²) in [5, 5.41) is 2.02. The first-order chi connectivity index (χ1) is 9.72. The van der Waals surface area contributed by atoms with Crippen molar-refractivity contribution >= 4 is 28.8 Å². The quantitative estimate of drug-likeness (QED) is 0.566. The lowest BCUT2D eigenvalue weighted by atomic mass is 10.2. The monoisotopic (exact) mass is 302 g/mol. The van der Waals surface area contributed by atoms with Gasteiger partial charge in [-0.3, -0.25) is 0 Å². The number of oxazole rings is 1. The summed E-state index contributed by atoms with van der Waals surface area (Å²) in [7, 11) is 0. The molecule has 20 heavy (non-hydrogen) atoms. The smallest absolute Gasteiger partial charge is 0.236 e. The van der Waals surface area contributed by atoms with Crippen LogP contribution >= 0.6 is 23.1 Å². The number of rotatable bonds is 4. The zero-order valence-corrected chi connectivity index (χ0v) is 12.6. The molecule has 0 spiro atoms. The van der Waals surface area contributed by atoms with Gasteiger partial charge >= 0.3 is 0 Å². The fraction of sp³-hybridized carbons (Fsp3) is 0.133. The fourth-order valence-corrected chi connectivity index (χ4v) is 3.31. The minimum atomic E-state index is 0.698. The largest absolute Gasteiger partial charge is 0.444 e. The first-order valence-electron chi connectivity index (χ1n) is 6.19. The third-order valence-electron chi connectivity index (χ3n) is 2.91. The van der Waals surface area contributed by atoms with Gasteiger partial charge in [0.25, 0.3) is 0 Å². The molecule has 1 aromatic carbocycles. The second-order valence-corrected chi connectivity index (χ2v) is 6.42. The zero-order valence-electron chi connectivity index (χ0n) is 11.0. The first kappa shape index (κ1) is 13.3. The second kappa shape index (κ2) is 5.73. The molecule has 2 aromatic heterocycles. The topological polar surface area (TPSA) is 52.0 Å². The Balaban J connectivity index is 1.68. The molecule has 0 radical (unpaired) electrons.